The molecule has 1 aromatic rings. The summed E-state index contributed by atoms with van der Waals surface area (Å²) in [5, 5.41) is 0. The fourth-order valence-corrected chi connectivity index (χ4v) is 2.50. The van der Waals surface area contributed by atoms with Gasteiger partial charge in [-0.1, -0.05) is 36.8 Å². The molecule has 1 heterocycles. The molecule has 3 rings (SSSR count). The second-order valence-corrected chi connectivity index (χ2v) is 5.33. The standard InChI is InChI=1S/C19H16O4/c1-3-18(21)23-19-14-7-8-22-11-16(14)17(20)10-15(19)13-6-4-5-12(2)9-13/h4-11H,3H2,1-2H3. The van der Waals surface area contributed by atoms with Gasteiger partial charge < -0.3 is 9.15 Å². The van der Waals surface area contributed by atoms with E-state index < -0.39 is 0 Å². The maximum atomic E-state index is 12.4. The smallest absolute Gasteiger partial charge is 0.310 e. The minimum atomic E-state index is -0.348. The largest absolute Gasteiger partial charge is 0.472 e. The highest BCUT2D eigenvalue weighted by atomic mass is 16.5. The summed E-state index contributed by atoms with van der Waals surface area (Å²) in [4.78, 5) is 24.2. The van der Waals surface area contributed by atoms with Crippen molar-refractivity contribution in [2.75, 3.05) is 0 Å². The Bertz CT molecular complexity index is 892. The Balaban J connectivity index is 2.31. The molecule has 0 spiro atoms. The molecule has 0 N–H and O–H groups in total. The van der Waals surface area contributed by atoms with Crippen molar-refractivity contribution >= 4 is 5.97 Å². The van der Waals surface area contributed by atoms with Crippen molar-refractivity contribution in [2.45, 2.75) is 20.3 Å². The maximum absolute atomic E-state index is 12.4. The number of hydrogen-bond acceptors (Lipinski definition) is 4. The van der Waals surface area contributed by atoms with E-state index in [1.165, 1.54) is 18.6 Å². The molecule has 0 aromatic heterocycles. The fourth-order valence-electron chi connectivity index (χ4n) is 2.50. The van der Waals surface area contributed by atoms with Gasteiger partial charge in [-0.05, 0) is 24.6 Å². The summed E-state index contributed by atoms with van der Waals surface area (Å²) in [7, 11) is 0. The highest BCUT2D eigenvalue weighted by Crippen LogP contribution is 2.38. The Kier molecular flexibility index (Phi) is 3.98. The normalized spacial score (nSPS) is 10.7. The van der Waals surface area contributed by atoms with Gasteiger partial charge in [-0.2, -0.15) is 0 Å². The van der Waals surface area contributed by atoms with Crippen LogP contribution >= 0.6 is 0 Å². The van der Waals surface area contributed by atoms with Crippen molar-refractivity contribution in [1.29, 1.82) is 0 Å². The van der Waals surface area contributed by atoms with Crippen LogP contribution in [0.3, 0.4) is 0 Å². The number of hydrogen-bond donors (Lipinski definition) is 0. The average Bonchev–Trinajstić information content (AvgIpc) is 2.57. The third kappa shape index (κ3) is 2.88. The van der Waals surface area contributed by atoms with Crippen molar-refractivity contribution in [3.63, 3.8) is 0 Å². The first kappa shape index (κ1) is 15.0. The van der Waals surface area contributed by atoms with Crippen LogP contribution in [0.2, 0.25) is 0 Å². The zero-order chi connectivity index (χ0) is 16.4. The molecule has 1 aromatic carbocycles. The molecule has 0 unspecified atom stereocenters. The summed E-state index contributed by atoms with van der Waals surface area (Å²) in [5.74, 6) is 0.0486. The van der Waals surface area contributed by atoms with Gasteiger partial charge in [0.05, 0.1) is 11.8 Å². The first-order chi connectivity index (χ1) is 11.1. The molecular weight excluding hydrogens is 292 g/mol. The molecule has 1 aliphatic carbocycles. The zero-order valence-corrected chi connectivity index (χ0v) is 13.0. The highest BCUT2D eigenvalue weighted by Gasteiger charge is 2.21. The number of carbonyl (C=O) groups is 1. The van der Waals surface area contributed by atoms with Gasteiger partial charge in [-0.15, -0.1) is 0 Å². The van der Waals surface area contributed by atoms with Crippen LogP contribution in [0.15, 0.2) is 58.1 Å². The van der Waals surface area contributed by atoms with E-state index in [2.05, 4.69) is 0 Å². The molecule has 0 atom stereocenters. The predicted molar refractivity (Wildman–Crippen MR) is 87.7 cm³/mol. The quantitative estimate of drug-likeness (QED) is 0.541. The van der Waals surface area contributed by atoms with Crippen LogP contribution in [0.5, 0.6) is 5.75 Å². The third-order valence-corrected chi connectivity index (χ3v) is 3.65. The van der Waals surface area contributed by atoms with Gasteiger partial charge in [0, 0.05) is 17.5 Å². The second kappa shape index (κ2) is 6.08. The van der Waals surface area contributed by atoms with Gasteiger partial charge in [0.15, 0.2) is 5.43 Å². The first-order valence-electron chi connectivity index (χ1n) is 7.41. The lowest BCUT2D eigenvalue weighted by Gasteiger charge is -2.15. The summed E-state index contributed by atoms with van der Waals surface area (Å²) < 4.78 is 10.6. The molecular formula is C19H16O4. The number of rotatable bonds is 3. The van der Waals surface area contributed by atoms with Gasteiger partial charge in [0.25, 0.3) is 0 Å². The summed E-state index contributed by atoms with van der Waals surface area (Å²) in [6, 6.07) is 10.9. The Morgan fingerprint density at radius 2 is 1.96 bits per heavy atom. The summed E-state index contributed by atoms with van der Waals surface area (Å²) in [6.07, 6.45) is 3.09. The van der Waals surface area contributed by atoms with Gasteiger partial charge in [0.1, 0.15) is 12.0 Å². The van der Waals surface area contributed by atoms with Crippen LogP contribution in [-0.4, -0.2) is 5.97 Å². The third-order valence-electron chi connectivity index (χ3n) is 3.65. The topological polar surface area (TPSA) is 56.5 Å². The van der Waals surface area contributed by atoms with Crippen LogP contribution in [0.4, 0.5) is 0 Å². The van der Waals surface area contributed by atoms with E-state index in [0.717, 1.165) is 11.1 Å². The lowest BCUT2D eigenvalue weighted by Crippen LogP contribution is -2.12. The summed E-state index contributed by atoms with van der Waals surface area (Å²) in [6.45, 7) is 3.70. The van der Waals surface area contributed by atoms with Crippen LogP contribution in [0, 0.1) is 6.92 Å². The van der Waals surface area contributed by atoms with E-state index >= 15 is 0 Å². The molecule has 116 valence electrons. The van der Waals surface area contributed by atoms with Crippen molar-refractivity contribution < 1.29 is 13.9 Å². The monoisotopic (exact) mass is 308 g/mol. The second-order valence-electron chi connectivity index (χ2n) is 5.33. The minimum absolute atomic E-state index is 0.169. The number of ether oxygens (including phenoxy) is 1. The van der Waals surface area contributed by atoms with Crippen molar-refractivity contribution in [3.05, 3.63) is 64.7 Å². The summed E-state index contributed by atoms with van der Waals surface area (Å²) in [5.41, 5.74) is 3.30. The summed E-state index contributed by atoms with van der Waals surface area (Å²) >= 11 is 0. The molecule has 0 bridgehead atoms. The lowest BCUT2D eigenvalue weighted by molar-refractivity contribution is -0.133. The molecule has 23 heavy (non-hydrogen) atoms. The lowest BCUT2D eigenvalue weighted by atomic mass is 9.95. The van der Waals surface area contributed by atoms with E-state index in [9.17, 15) is 9.59 Å². The number of carbonyl (C=O) groups excluding carboxylic acids is 1. The van der Waals surface area contributed by atoms with E-state index in [0.29, 0.717) is 22.4 Å². The minimum Gasteiger partial charge on any atom is -0.472 e. The van der Waals surface area contributed by atoms with E-state index in [1.807, 2.05) is 31.2 Å². The van der Waals surface area contributed by atoms with E-state index in [1.54, 1.807) is 13.0 Å². The predicted octanol–water partition coefficient (Wildman–Crippen LogP) is 4.04. The van der Waals surface area contributed by atoms with Crippen LogP contribution in [0.25, 0.3) is 22.3 Å². The molecule has 0 saturated carbocycles. The Labute approximate surface area is 133 Å². The van der Waals surface area contributed by atoms with Gasteiger partial charge in [0.2, 0.25) is 0 Å². The van der Waals surface area contributed by atoms with Gasteiger partial charge in [-0.3, -0.25) is 9.59 Å². The molecule has 4 nitrogen and oxygen atoms in total. The van der Waals surface area contributed by atoms with Crippen LogP contribution in [-0.2, 0) is 4.79 Å². The van der Waals surface area contributed by atoms with E-state index in [4.69, 9.17) is 9.15 Å². The van der Waals surface area contributed by atoms with Crippen LogP contribution < -0.4 is 10.2 Å². The Morgan fingerprint density at radius 1 is 1.13 bits per heavy atom. The average molecular weight is 308 g/mol. The van der Waals surface area contributed by atoms with Gasteiger partial charge >= 0.3 is 5.97 Å². The molecule has 0 radical (unpaired) electrons. The van der Waals surface area contributed by atoms with Crippen LogP contribution in [0.1, 0.15) is 18.9 Å². The highest BCUT2D eigenvalue weighted by molar-refractivity contribution is 5.87. The van der Waals surface area contributed by atoms with Gasteiger partial charge in [-0.25, -0.2) is 0 Å². The molecule has 0 saturated heterocycles. The molecule has 0 amide bonds. The Hall–Kier alpha value is -2.88. The van der Waals surface area contributed by atoms with Crippen molar-refractivity contribution in [2.24, 2.45) is 0 Å². The maximum Gasteiger partial charge on any atom is 0.310 e. The zero-order valence-electron chi connectivity index (χ0n) is 13.0. The Morgan fingerprint density at radius 3 is 2.70 bits per heavy atom. The number of aryl methyl sites for hydroxylation is 1. The molecule has 2 aliphatic rings. The molecule has 0 fully saturated rings. The number of benzene rings is 2. The molecule has 4 heteroatoms. The number of esters is 1. The first-order valence-corrected chi connectivity index (χ1v) is 7.41. The molecule has 1 aliphatic heterocycles. The number of fused-ring (bicyclic) bond motifs is 1. The SMILES string of the molecule is CCC(=O)Oc1c(-c2cccc(C)c2)cc(=O)c2coccc1-2. The van der Waals surface area contributed by atoms with E-state index in [-0.39, 0.29) is 17.8 Å². The van der Waals surface area contributed by atoms with Crippen molar-refractivity contribution in [3.8, 4) is 28.0 Å². The van der Waals surface area contributed by atoms with Crippen molar-refractivity contribution in [1.82, 2.24) is 0 Å². The fraction of sp³-hybridized carbons (Fsp3) is 0.158.